The van der Waals surface area contributed by atoms with Gasteiger partial charge in [0.25, 0.3) is 5.91 Å². The molecule has 4 rings (SSSR count). The van der Waals surface area contributed by atoms with Gasteiger partial charge in [0.1, 0.15) is 16.6 Å². The number of nitrogens with one attached hydrogen (secondary N) is 1. The fraction of sp³-hybridized carbons (Fsp3) is 0.296. The van der Waals surface area contributed by atoms with Gasteiger partial charge in [-0.05, 0) is 117 Å². The molecule has 2 heterocycles. The lowest BCUT2D eigenvalue weighted by atomic mass is 9.95. The van der Waals surface area contributed by atoms with Crippen LogP contribution in [0.3, 0.4) is 0 Å². The van der Waals surface area contributed by atoms with E-state index in [0.29, 0.717) is 10.6 Å². The summed E-state index contributed by atoms with van der Waals surface area (Å²) >= 11 is 3.68. The number of halogens is 1. The van der Waals surface area contributed by atoms with Crippen molar-refractivity contribution in [3.8, 4) is 11.8 Å². The van der Waals surface area contributed by atoms with Gasteiger partial charge in [-0.1, -0.05) is 0 Å². The van der Waals surface area contributed by atoms with Crippen LogP contribution < -0.4 is 5.32 Å². The Labute approximate surface area is 222 Å². The summed E-state index contributed by atoms with van der Waals surface area (Å²) < 4.78 is 8.52. The van der Waals surface area contributed by atoms with E-state index >= 15 is 0 Å². The van der Waals surface area contributed by atoms with Crippen molar-refractivity contribution >= 4 is 56.9 Å². The van der Waals surface area contributed by atoms with E-state index in [1.807, 2.05) is 50.2 Å². The van der Waals surface area contributed by atoms with E-state index in [-0.39, 0.29) is 12.2 Å². The number of amides is 1. The molecule has 1 aliphatic rings. The highest BCUT2D eigenvalue weighted by molar-refractivity contribution is 14.1. The normalized spacial score (nSPS) is 13.2. The van der Waals surface area contributed by atoms with Crippen molar-refractivity contribution in [3.63, 3.8) is 0 Å². The third kappa shape index (κ3) is 5.21. The predicted octanol–water partition coefficient (Wildman–Crippen LogP) is 6.36. The van der Waals surface area contributed by atoms with Crippen LogP contribution in [0.5, 0.6) is 0 Å². The van der Waals surface area contributed by atoms with Crippen LogP contribution in [0.15, 0.2) is 35.9 Å². The van der Waals surface area contributed by atoms with E-state index in [9.17, 15) is 14.9 Å². The third-order valence-electron chi connectivity index (χ3n) is 6.10. The second-order valence-corrected chi connectivity index (χ2v) is 10.7. The Morgan fingerprint density at radius 2 is 1.94 bits per heavy atom. The predicted molar refractivity (Wildman–Crippen MR) is 147 cm³/mol. The molecular weight excluding hydrogens is 573 g/mol. The van der Waals surface area contributed by atoms with Crippen molar-refractivity contribution in [3.05, 3.63) is 72.4 Å². The maximum absolute atomic E-state index is 13.1. The van der Waals surface area contributed by atoms with E-state index < -0.39 is 11.9 Å². The number of hydrogen-bond acceptors (Lipinski definition) is 5. The molecule has 0 saturated carbocycles. The molecular formula is C27H26IN3O3S. The Kier molecular flexibility index (Phi) is 7.77. The summed E-state index contributed by atoms with van der Waals surface area (Å²) in [7, 11) is 0. The van der Waals surface area contributed by atoms with Crippen LogP contribution in [0.25, 0.3) is 11.8 Å². The maximum atomic E-state index is 13.1. The van der Waals surface area contributed by atoms with Crippen molar-refractivity contribution in [1.82, 2.24) is 4.57 Å². The summed E-state index contributed by atoms with van der Waals surface area (Å²) in [5, 5.41) is 13.1. The Balaban J connectivity index is 1.66. The number of anilines is 1. The summed E-state index contributed by atoms with van der Waals surface area (Å²) in [5.74, 6) is -0.957. The summed E-state index contributed by atoms with van der Waals surface area (Å²) in [6.45, 7) is 5.99. The average Bonchev–Trinajstić information content (AvgIpc) is 3.34. The van der Waals surface area contributed by atoms with Crippen molar-refractivity contribution in [2.24, 2.45) is 0 Å². The van der Waals surface area contributed by atoms with E-state index in [0.717, 1.165) is 62.3 Å². The molecule has 8 heteroatoms. The number of ether oxygens (including phenoxy) is 1. The molecule has 0 unspecified atom stereocenters. The second-order valence-electron chi connectivity index (χ2n) is 8.40. The first-order chi connectivity index (χ1) is 16.8. The van der Waals surface area contributed by atoms with E-state index in [1.165, 1.54) is 11.3 Å². The lowest BCUT2D eigenvalue weighted by molar-refractivity contribution is -0.112. The Bertz CT molecular complexity index is 1360. The zero-order valence-electron chi connectivity index (χ0n) is 19.9. The molecule has 1 aliphatic carbocycles. The molecule has 1 amide bonds. The van der Waals surface area contributed by atoms with Crippen molar-refractivity contribution in [2.45, 2.75) is 46.5 Å². The number of carbonyl (C=O) groups is 2. The molecule has 2 aromatic heterocycles. The number of thiophene rings is 1. The average molecular weight is 599 g/mol. The summed E-state index contributed by atoms with van der Waals surface area (Å²) in [6.07, 6.45) is 5.35. The van der Waals surface area contributed by atoms with Gasteiger partial charge >= 0.3 is 5.97 Å². The number of nitriles is 1. The molecule has 35 heavy (non-hydrogen) atoms. The number of benzene rings is 1. The third-order valence-corrected chi connectivity index (χ3v) is 8.02. The van der Waals surface area contributed by atoms with Crippen LogP contribution in [0.2, 0.25) is 0 Å². The number of nitrogens with zero attached hydrogens (tertiary/aromatic N) is 2. The minimum atomic E-state index is -0.532. The highest BCUT2D eigenvalue weighted by atomic mass is 127. The van der Waals surface area contributed by atoms with Crippen LogP contribution in [-0.2, 0) is 22.4 Å². The maximum Gasteiger partial charge on any atom is 0.341 e. The molecule has 6 nitrogen and oxygen atoms in total. The van der Waals surface area contributed by atoms with Gasteiger partial charge in [-0.25, -0.2) is 4.79 Å². The fourth-order valence-corrected chi connectivity index (χ4v) is 6.10. The van der Waals surface area contributed by atoms with Gasteiger partial charge < -0.3 is 14.6 Å². The lowest BCUT2D eigenvalue weighted by Crippen LogP contribution is -2.16. The zero-order chi connectivity index (χ0) is 25.1. The Morgan fingerprint density at radius 3 is 2.63 bits per heavy atom. The van der Waals surface area contributed by atoms with Gasteiger partial charge in [0.2, 0.25) is 0 Å². The molecule has 180 valence electrons. The monoisotopic (exact) mass is 599 g/mol. The topological polar surface area (TPSA) is 84.1 Å². The van der Waals surface area contributed by atoms with Crippen LogP contribution in [0.1, 0.15) is 57.5 Å². The number of aromatic nitrogens is 1. The molecule has 3 aromatic rings. The van der Waals surface area contributed by atoms with Gasteiger partial charge in [0.05, 0.1) is 12.2 Å². The minimum Gasteiger partial charge on any atom is -0.462 e. The molecule has 1 aromatic carbocycles. The van der Waals surface area contributed by atoms with E-state index in [4.69, 9.17) is 4.74 Å². The van der Waals surface area contributed by atoms with Crippen LogP contribution in [-0.4, -0.2) is 23.1 Å². The second kappa shape index (κ2) is 10.8. The highest BCUT2D eigenvalue weighted by Crippen LogP contribution is 2.39. The largest absolute Gasteiger partial charge is 0.462 e. The summed E-state index contributed by atoms with van der Waals surface area (Å²) in [6, 6.07) is 12.2. The van der Waals surface area contributed by atoms with Crippen molar-refractivity contribution < 1.29 is 14.3 Å². The van der Waals surface area contributed by atoms with Crippen molar-refractivity contribution in [1.29, 1.82) is 5.26 Å². The van der Waals surface area contributed by atoms with Crippen molar-refractivity contribution in [2.75, 3.05) is 11.9 Å². The molecule has 0 radical (unpaired) electrons. The van der Waals surface area contributed by atoms with Gasteiger partial charge in [-0.2, -0.15) is 5.26 Å². The first-order valence-electron chi connectivity index (χ1n) is 11.5. The zero-order valence-corrected chi connectivity index (χ0v) is 22.9. The quantitative estimate of drug-likeness (QED) is 0.155. The molecule has 0 bridgehead atoms. The number of carbonyl (C=O) groups excluding carboxylic acids is 2. The first kappa shape index (κ1) is 25.2. The number of esters is 1. The number of fused-ring (bicyclic) bond motifs is 1. The Morgan fingerprint density at radius 1 is 1.23 bits per heavy atom. The summed E-state index contributed by atoms with van der Waals surface area (Å²) in [5.41, 5.74) is 5.14. The fourth-order valence-electron chi connectivity index (χ4n) is 4.47. The Hall–Kier alpha value is -2.90. The van der Waals surface area contributed by atoms with E-state index in [1.54, 1.807) is 13.0 Å². The summed E-state index contributed by atoms with van der Waals surface area (Å²) in [4.78, 5) is 27.0. The minimum absolute atomic E-state index is 0.0194. The molecule has 0 fully saturated rings. The standard InChI is InChI=1S/C27H26IN3O3S/c1-4-34-27(33)24-22-7-5-6-8-23(22)35-26(24)30-25(32)19(15-29)14-18-13-16(2)31(17(18)3)21-11-9-20(28)10-12-21/h9-14H,4-8H2,1-3H3,(H,30,32). The van der Waals surface area contributed by atoms with Crippen LogP contribution in [0.4, 0.5) is 5.00 Å². The van der Waals surface area contributed by atoms with Crippen LogP contribution >= 0.6 is 33.9 Å². The lowest BCUT2D eigenvalue weighted by Gasteiger charge is -2.12. The molecule has 0 saturated heterocycles. The highest BCUT2D eigenvalue weighted by Gasteiger charge is 2.28. The first-order valence-corrected chi connectivity index (χ1v) is 13.4. The van der Waals surface area contributed by atoms with Gasteiger partial charge in [-0.3, -0.25) is 4.79 Å². The van der Waals surface area contributed by atoms with E-state index in [2.05, 4.69) is 32.5 Å². The molecule has 1 N–H and O–H groups in total. The number of rotatable bonds is 6. The van der Waals surface area contributed by atoms with Gasteiger partial charge in [0, 0.05) is 25.5 Å². The SMILES string of the molecule is CCOC(=O)c1c(NC(=O)C(C#N)=Cc2cc(C)n(-c3ccc(I)cc3)c2C)sc2c1CCCC2. The molecule has 0 aliphatic heterocycles. The molecule has 0 atom stereocenters. The van der Waals surface area contributed by atoms with Crippen LogP contribution in [0, 0.1) is 28.7 Å². The number of hydrogen-bond donors (Lipinski definition) is 1. The van der Waals surface area contributed by atoms with Gasteiger partial charge in [0.15, 0.2) is 0 Å². The molecule has 0 spiro atoms. The smallest absolute Gasteiger partial charge is 0.341 e. The van der Waals surface area contributed by atoms with Gasteiger partial charge in [-0.15, -0.1) is 11.3 Å². The number of aryl methyl sites for hydroxylation is 2.